The summed E-state index contributed by atoms with van der Waals surface area (Å²) in [5.41, 5.74) is 3.15. The predicted octanol–water partition coefficient (Wildman–Crippen LogP) is 4.62. The minimum atomic E-state index is -0.424. The second kappa shape index (κ2) is 8.32. The van der Waals surface area contributed by atoms with Crippen LogP contribution in [-0.2, 0) is 4.79 Å². The van der Waals surface area contributed by atoms with E-state index in [9.17, 15) is 14.0 Å². The van der Waals surface area contributed by atoms with Gasteiger partial charge in [0, 0.05) is 22.7 Å². The number of hydrogen-bond donors (Lipinski definition) is 0. The smallest absolute Gasteiger partial charge is 0.265 e. The fourth-order valence-corrected chi connectivity index (χ4v) is 4.22. The van der Waals surface area contributed by atoms with Crippen LogP contribution >= 0.6 is 11.3 Å². The largest absolute Gasteiger partial charge is 0.482 e. The standard InChI is InChI=1S/C24H16FN3O3S/c25-17-7-4-15(5-8-17)21(29)12-28-20-11-16(6-9-22(20)31-13-23(28)30)19-14-32-24(27-19)18-3-1-2-10-26-18/h1-11,14H,12-13H2. The topological polar surface area (TPSA) is 72.4 Å². The lowest BCUT2D eigenvalue weighted by Gasteiger charge is -2.29. The molecule has 0 fully saturated rings. The van der Waals surface area contributed by atoms with Gasteiger partial charge < -0.3 is 4.74 Å². The molecule has 0 saturated heterocycles. The average Bonchev–Trinajstić information content (AvgIpc) is 3.32. The van der Waals surface area contributed by atoms with Crippen molar-refractivity contribution in [1.29, 1.82) is 0 Å². The van der Waals surface area contributed by atoms with Crippen molar-refractivity contribution in [2.75, 3.05) is 18.1 Å². The number of ketones is 1. The number of carbonyl (C=O) groups is 2. The lowest BCUT2D eigenvalue weighted by molar-refractivity contribution is -0.121. The Morgan fingerprint density at radius 2 is 1.94 bits per heavy atom. The SMILES string of the molecule is O=C(CN1C(=O)COc2ccc(-c3csc(-c4ccccn4)n3)cc21)c1ccc(F)cc1. The molecule has 5 rings (SSSR count). The van der Waals surface area contributed by atoms with Crippen LogP contribution in [0.15, 0.2) is 72.2 Å². The van der Waals surface area contributed by atoms with Crippen LogP contribution in [0.25, 0.3) is 22.0 Å². The average molecular weight is 445 g/mol. The van der Waals surface area contributed by atoms with Gasteiger partial charge in [0.05, 0.1) is 23.6 Å². The zero-order valence-electron chi connectivity index (χ0n) is 16.7. The van der Waals surface area contributed by atoms with Crippen LogP contribution < -0.4 is 9.64 Å². The number of anilines is 1. The summed E-state index contributed by atoms with van der Waals surface area (Å²) < 4.78 is 18.7. The van der Waals surface area contributed by atoms with E-state index in [1.54, 1.807) is 18.3 Å². The molecule has 8 heteroatoms. The number of Topliss-reactive ketones (excluding diaryl/α,β-unsaturated/α-hetero) is 1. The Labute approximate surface area is 186 Å². The Morgan fingerprint density at radius 3 is 2.72 bits per heavy atom. The number of pyridine rings is 1. The third-order valence-electron chi connectivity index (χ3n) is 5.05. The Hall–Kier alpha value is -3.91. The molecule has 0 aliphatic carbocycles. The summed E-state index contributed by atoms with van der Waals surface area (Å²) >= 11 is 1.48. The van der Waals surface area contributed by atoms with Gasteiger partial charge in [-0.3, -0.25) is 19.5 Å². The second-order valence-electron chi connectivity index (χ2n) is 7.13. The summed E-state index contributed by atoms with van der Waals surface area (Å²) in [6.07, 6.45) is 1.72. The van der Waals surface area contributed by atoms with Crippen LogP contribution in [0, 0.1) is 5.82 Å². The van der Waals surface area contributed by atoms with E-state index in [1.165, 1.54) is 40.5 Å². The molecule has 1 amide bonds. The Balaban J connectivity index is 1.45. The van der Waals surface area contributed by atoms with E-state index in [1.807, 2.05) is 29.6 Å². The number of amides is 1. The van der Waals surface area contributed by atoms with Crippen LogP contribution in [0.5, 0.6) is 5.75 Å². The van der Waals surface area contributed by atoms with Gasteiger partial charge in [-0.25, -0.2) is 9.37 Å². The van der Waals surface area contributed by atoms with E-state index in [4.69, 9.17) is 4.74 Å². The maximum atomic E-state index is 13.2. The van der Waals surface area contributed by atoms with E-state index in [0.717, 1.165) is 22.0 Å². The number of aromatic nitrogens is 2. The number of benzene rings is 2. The van der Waals surface area contributed by atoms with E-state index < -0.39 is 5.82 Å². The molecule has 1 aliphatic rings. The van der Waals surface area contributed by atoms with Crippen LogP contribution in [0.4, 0.5) is 10.1 Å². The molecule has 0 atom stereocenters. The zero-order valence-corrected chi connectivity index (χ0v) is 17.5. The van der Waals surface area contributed by atoms with Crippen LogP contribution in [-0.4, -0.2) is 34.8 Å². The first-order valence-corrected chi connectivity index (χ1v) is 10.7. The molecule has 0 unspecified atom stereocenters. The molecule has 0 radical (unpaired) electrons. The molecule has 6 nitrogen and oxygen atoms in total. The highest BCUT2D eigenvalue weighted by atomic mass is 32.1. The van der Waals surface area contributed by atoms with E-state index in [0.29, 0.717) is 17.0 Å². The normalized spacial score (nSPS) is 12.9. The highest BCUT2D eigenvalue weighted by Gasteiger charge is 2.28. The summed E-state index contributed by atoms with van der Waals surface area (Å²) in [7, 11) is 0. The third kappa shape index (κ3) is 3.88. The number of halogens is 1. The van der Waals surface area contributed by atoms with Crippen molar-refractivity contribution in [3.63, 3.8) is 0 Å². The van der Waals surface area contributed by atoms with Crippen molar-refractivity contribution >= 4 is 28.7 Å². The van der Waals surface area contributed by atoms with Crippen molar-refractivity contribution < 1.29 is 18.7 Å². The predicted molar refractivity (Wildman–Crippen MR) is 119 cm³/mol. The van der Waals surface area contributed by atoms with Crippen molar-refractivity contribution in [3.8, 4) is 27.7 Å². The molecule has 0 saturated carbocycles. The molecule has 2 aromatic carbocycles. The van der Waals surface area contributed by atoms with Gasteiger partial charge >= 0.3 is 0 Å². The molecule has 4 aromatic rings. The summed E-state index contributed by atoms with van der Waals surface area (Å²) in [6.45, 7) is -0.315. The van der Waals surface area contributed by atoms with Crippen LogP contribution in [0.1, 0.15) is 10.4 Å². The second-order valence-corrected chi connectivity index (χ2v) is 7.99. The molecular formula is C24H16FN3O3S. The monoisotopic (exact) mass is 445 g/mol. The van der Waals surface area contributed by atoms with Crippen molar-refractivity contribution in [3.05, 3.63) is 83.6 Å². The van der Waals surface area contributed by atoms with Crippen LogP contribution in [0.2, 0.25) is 0 Å². The molecular weight excluding hydrogens is 429 g/mol. The molecule has 158 valence electrons. The van der Waals surface area contributed by atoms with E-state index in [-0.39, 0.29) is 24.8 Å². The molecule has 0 bridgehead atoms. The van der Waals surface area contributed by atoms with E-state index in [2.05, 4.69) is 9.97 Å². The molecule has 32 heavy (non-hydrogen) atoms. The third-order valence-corrected chi connectivity index (χ3v) is 5.92. The first kappa shape index (κ1) is 20.0. The van der Waals surface area contributed by atoms with Gasteiger partial charge in [-0.1, -0.05) is 6.07 Å². The van der Waals surface area contributed by atoms with Gasteiger partial charge in [0.1, 0.15) is 16.6 Å². The number of carbonyl (C=O) groups excluding carboxylic acids is 2. The van der Waals surface area contributed by atoms with Gasteiger partial charge in [-0.15, -0.1) is 11.3 Å². The number of hydrogen-bond acceptors (Lipinski definition) is 6. The van der Waals surface area contributed by atoms with Gasteiger partial charge in [-0.05, 0) is 54.6 Å². The van der Waals surface area contributed by atoms with Gasteiger partial charge in [0.15, 0.2) is 12.4 Å². The number of nitrogens with zero attached hydrogens (tertiary/aromatic N) is 3. The summed E-state index contributed by atoms with van der Waals surface area (Å²) in [4.78, 5) is 35.7. The fourth-order valence-electron chi connectivity index (χ4n) is 3.42. The first-order chi connectivity index (χ1) is 15.6. The molecule has 0 N–H and O–H groups in total. The minimum absolute atomic E-state index is 0.149. The maximum Gasteiger partial charge on any atom is 0.265 e. The van der Waals surface area contributed by atoms with Crippen molar-refractivity contribution in [2.24, 2.45) is 0 Å². The molecule has 1 aliphatic heterocycles. The van der Waals surface area contributed by atoms with E-state index >= 15 is 0 Å². The summed E-state index contributed by atoms with van der Waals surface area (Å²) in [5, 5.41) is 2.71. The number of rotatable bonds is 5. The zero-order chi connectivity index (χ0) is 22.1. The fraction of sp³-hybridized carbons (Fsp3) is 0.0833. The quantitative estimate of drug-likeness (QED) is 0.419. The maximum absolute atomic E-state index is 13.2. The lowest BCUT2D eigenvalue weighted by Crippen LogP contribution is -2.42. The first-order valence-electron chi connectivity index (χ1n) is 9.82. The Bertz CT molecular complexity index is 1310. The highest BCUT2D eigenvalue weighted by molar-refractivity contribution is 7.13. The van der Waals surface area contributed by atoms with Crippen LogP contribution in [0.3, 0.4) is 0 Å². The Kier molecular flexibility index (Phi) is 5.20. The van der Waals surface area contributed by atoms with Gasteiger partial charge in [-0.2, -0.15) is 0 Å². The molecule has 3 heterocycles. The Morgan fingerprint density at radius 1 is 1.09 bits per heavy atom. The lowest BCUT2D eigenvalue weighted by atomic mass is 10.1. The summed E-state index contributed by atoms with van der Waals surface area (Å²) in [5.74, 6) is -0.520. The number of thiazole rings is 1. The van der Waals surface area contributed by atoms with Gasteiger partial charge in [0.2, 0.25) is 0 Å². The number of fused-ring (bicyclic) bond motifs is 1. The van der Waals surface area contributed by atoms with Crippen molar-refractivity contribution in [1.82, 2.24) is 9.97 Å². The molecule has 0 spiro atoms. The van der Waals surface area contributed by atoms with Crippen molar-refractivity contribution in [2.45, 2.75) is 0 Å². The summed E-state index contributed by atoms with van der Waals surface area (Å²) in [6, 6.07) is 16.3. The number of ether oxygens (including phenoxy) is 1. The highest BCUT2D eigenvalue weighted by Crippen LogP contribution is 2.37. The minimum Gasteiger partial charge on any atom is -0.482 e. The molecule has 2 aromatic heterocycles. The van der Waals surface area contributed by atoms with Gasteiger partial charge in [0.25, 0.3) is 5.91 Å².